The summed E-state index contributed by atoms with van der Waals surface area (Å²) in [5, 5.41) is 3.29. The van der Waals surface area contributed by atoms with Crippen LogP contribution < -0.4 is 14.8 Å². The van der Waals surface area contributed by atoms with Gasteiger partial charge in [-0.15, -0.1) is 0 Å². The van der Waals surface area contributed by atoms with Gasteiger partial charge in [0, 0.05) is 24.3 Å². The van der Waals surface area contributed by atoms with Crippen LogP contribution in [0, 0.1) is 5.92 Å². The minimum absolute atomic E-state index is 0.247. The van der Waals surface area contributed by atoms with Gasteiger partial charge in [0.2, 0.25) is 0 Å². The fraction of sp³-hybridized carbons (Fsp3) is 0.381. The molecule has 0 unspecified atom stereocenters. The first-order valence-corrected chi connectivity index (χ1v) is 9.64. The van der Waals surface area contributed by atoms with Gasteiger partial charge >= 0.3 is 0 Å². The first-order chi connectivity index (χ1) is 13.2. The molecular weight excluding hydrogens is 366 g/mol. The highest BCUT2D eigenvalue weighted by Gasteiger charge is 2.21. The second-order valence-electron chi connectivity index (χ2n) is 6.95. The van der Waals surface area contributed by atoms with E-state index in [9.17, 15) is 4.79 Å². The van der Waals surface area contributed by atoms with E-state index < -0.39 is 0 Å². The van der Waals surface area contributed by atoms with Gasteiger partial charge in [-0.25, -0.2) is 0 Å². The molecule has 2 aliphatic rings. The molecule has 0 spiro atoms. The van der Waals surface area contributed by atoms with Gasteiger partial charge in [0.05, 0.1) is 24.8 Å². The lowest BCUT2D eigenvalue weighted by Crippen LogP contribution is -2.12. The highest BCUT2D eigenvalue weighted by molar-refractivity contribution is 6.32. The average Bonchev–Trinajstić information content (AvgIpc) is 3.48. The maximum atomic E-state index is 12.7. The van der Waals surface area contributed by atoms with Gasteiger partial charge in [0.1, 0.15) is 0 Å². The lowest BCUT2D eigenvalue weighted by Gasteiger charge is -2.12. The summed E-state index contributed by atoms with van der Waals surface area (Å²) >= 11 is 6.28. The zero-order chi connectivity index (χ0) is 18.6. The number of anilines is 1. The number of amides is 1. The summed E-state index contributed by atoms with van der Waals surface area (Å²) in [4.78, 5) is 12.7. The second-order valence-corrected chi connectivity index (χ2v) is 7.36. The fourth-order valence-electron chi connectivity index (χ4n) is 2.93. The predicted octanol–water partition coefficient (Wildman–Crippen LogP) is 4.68. The van der Waals surface area contributed by atoms with Crippen LogP contribution >= 0.6 is 11.6 Å². The Morgan fingerprint density at radius 2 is 2.04 bits per heavy atom. The molecule has 1 fully saturated rings. The zero-order valence-corrected chi connectivity index (χ0v) is 15.8. The van der Waals surface area contributed by atoms with E-state index in [1.165, 1.54) is 12.8 Å². The smallest absolute Gasteiger partial charge is 0.255 e. The van der Waals surface area contributed by atoms with Gasteiger partial charge in [0.25, 0.3) is 5.91 Å². The standard InChI is InChI=1S/C21H22ClNO4/c22-18-10-16(11-19-20(18)27-8-2-7-26-19)21(24)23-17-4-1-3-15(9-17)13-25-12-14-5-6-14/h1,3-4,9-11,14H,2,5-8,12-13H2,(H,23,24). The van der Waals surface area contributed by atoms with E-state index in [1.807, 2.05) is 24.3 Å². The van der Waals surface area contributed by atoms with Crippen molar-refractivity contribution in [2.75, 3.05) is 25.1 Å². The summed E-state index contributed by atoms with van der Waals surface area (Å²) in [7, 11) is 0. The van der Waals surface area contributed by atoms with Crippen LogP contribution in [0.4, 0.5) is 5.69 Å². The number of carbonyl (C=O) groups is 1. The molecule has 0 atom stereocenters. The van der Waals surface area contributed by atoms with E-state index in [1.54, 1.807) is 12.1 Å². The maximum absolute atomic E-state index is 12.7. The number of hydrogen-bond donors (Lipinski definition) is 1. The lowest BCUT2D eigenvalue weighted by atomic mass is 10.1. The number of hydrogen-bond acceptors (Lipinski definition) is 4. The Hall–Kier alpha value is -2.24. The molecule has 4 rings (SSSR count). The Balaban J connectivity index is 1.44. The summed E-state index contributed by atoms with van der Waals surface area (Å²) in [6, 6.07) is 11.0. The Labute approximate surface area is 163 Å². The predicted molar refractivity (Wildman–Crippen MR) is 104 cm³/mol. The molecule has 27 heavy (non-hydrogen) atoms. The van der Waals surface area contributed by atoms with E-state index >= 15 is 0 Å². The molecule has 1 heterocycles. The number of fused-ring (bicyclic) bond motifs is 1. The van der Waals surface area contributed by atoms with Gasteiger partial charge in [-0.05, 0) is 48.6 Å². The Morgan fingerprint density at radius 3 is 2.89 bits per heavy atom. The van der Waals surface area contributed by atoms with Crippen molar-refractivity contribution in [3.05, 3.63) is 52.5 Å². The molecule has 5 nitrogen and oxygen atoms in total. The van der Waals surface area contributed by atoms with E-state index in [0.717, 1.165) is 30.2 Å². The Bertz CT molecular complexity index is 835. The normalized spacial score (nSPS) is 15.9. The van der Waals surface area contributed by atoms with Crippen molar-refractivity contribution in [3.8, 4) is 11.5 Å². The average molecular weight is 388 g/mol. The first-order valence-electron chi connectivity index (χ1n) is 9.26. The van der Waals surface area contributed by atoms with Crippen molar-refractivity contribution in [2.24, 2.45) is 5.92 Å². The molecule has 0 bridgehead atoms. The van der Waals surface area contributed by atoms with Crippen LogP contribution in [0.2, 0.25) is 5.02 Å². The van der Waals surface area contributed by atoms with Crippen LogP contribution in [-0.4, -0.2) is 25.7 Å². The first kappa shape index (κ1) is 18.1. The van der Waals surface area contributed by atoms with Crippen molar-refractivity contribution in [3.63, 3.8) is 0 Å². The summed E-state index contributed by atoms with van der Waals surface area (Å²) in [6.45, 7) is 2.45. The minimum atomic E-state index is -0.247. The van der Waals surface area contributed by atoms with Crippen molar-refractivity contribution >= 4 is 23.2 Å². The molecule has 0 radical (unpaired) electrons. The monoisotopic (exact) mass is 387 g/mol. The highest BCUT2D eigenvalue weighted by Crippen LogP contribution is 2.38. The summed E-state index contributed by atoms with van der Waals surface area (Å²) in [5.74, 6) is 1.49. The number of nitrogens with one attached hydrogen (secondary N) is 1. The van der Waals surface area contributed by atoms with E-state index in [4.69, 9.17) is 25.8 Å². The number of halogens is 1. The molecule has 1 saturated carbocycles. The number of ether oxygens (including phenoxy) is 3. The van der Waals surface area contributed by atoms with E-state index in [0.29, 0.717) is 41.9 Å². The van der Waals surface area contributed by atoms with Gasteiger partial charge in [-0.1, -0.05) is 23.7 Å². The summed E-state index contributed by atoms with van der Waals surface area (Å²) < 4.78 is 17.0. The highest BCUT2D eigenvalue weighted by atomic mass is 35.5. The van der Waals surface area contributed by atoms with Crippen LogP contribution in [0.3, 0.4) is 0 Å². The fourth-order valence-corrected chi connectivity index (χ4v) is 3.20. The van der Waals surface area contributed by atoms with Crippen LogP contribution in [0.1, 0.15) is 35.2 Å². The van der Waals surface area contributed by atoms with Crippen LogP contribution in [0.5, 0.6) is 11.5 Å². The molecule has 1 aliphatic heterocycles. The Morgan fingerprint density at radius 1 is 1.19 bits per heavy atom. The van der Waals surface area contributed by atoms with Crippen molar-refractivity contribution in [1.29, 1.82) is 0 Å². The quantitative estimate of drug-likeness (QED) is 0.781. The molecule has 6 heteroatoms. The third-order valence-electron chi connectivity index (χ3n) is 4.57. The van der Waals surface area contributed by atoms with Crippen molar-refractivity contribution in [1.82, 2.24) is 0 Å². The summed E-state index contributed by atoms with van der Waals surface area (Å²) in [5.41, 5.74) is 2.18. The van der Waals surface area contributed by atoms with Gasteiger partial charge in [-0.2, -0.15) is 0 Å². The van der Waals surface area contributed by atoms with E-state index in [-0.39, 0.29) is 5.91 Å². The zero-order valence-electron chi connectivity index (χ0n) is 15.0. The number of benzene rings is 2. The van der Waals surface area contributed by atoms with E-state index in [2.05, 4.69) is 5.32 Å². The number of carbonyl (C=O) groups excluding carboxylic acids is 1. The van der Waals surface area contributed by atoms with Crippen LogP contribution in [-0.2, 0) is 11.3 Å². The second kappa shape index (κ2) is 8.19. The molecule has 2 aromatic rings. The minimum Gasteiger partial charge on any atom is -0.489 e. The van der Waals surface area contributed by atoms with Gasteiger partial charge < -0.3 is 19.5 Å². The molecular formula is C21H22ClNO4. The molecule has 1 N–H and O–H groups in total. The molecule has 0 saturated heterocycles. The number of rotatable bonds is 6. The van der Waals surface area contributed by atoms with Crippen molar-refractivity contribution < 1.29 is 19.0 Å². The topological polar surface area (TPSA) is 56.8 Å². The molecule has 0 aromatic heterocycles. The van der Waals surface area contributed by atoms with Gasteiger partial charge in [0.15, 0.2) is 11.5 Å². The summed E-state index contributed by atoms with van der Waals surface area (Å²) in [6.07, 6.45) is 3.32. The maximum Gasteiger partial charge on any atom is 0.255 e. The molecule has 2 aromatic carbocycles. The molecule has 142 valence electrons. The van der Waals surface area contributed by atoms with Gasteiger partial charge in [-0.3, -0.25) is 4.79 Å². The molecule has 1 amide bonds. The lowest BCUT2D eigenvalue weighted by molar-refractivity contribution is 0.102. The van der Waals surface area contributed by atoms with Crippen LogP contribution in [0.25, 0.3) is 0 Å². The van der Waals surface area contributed by atoms with Crippen molar-refractivity contribution in [2.45, 2.75) is 25.9 Å². The largest absolute Gasteiger partial charge is 0.489 e. The molecule has 1 aliphatic carbocycles. The SMILES string of the molecule is O=C(Nc1cccc(COCC2CC2)c1)c1cc(Cl)c2c(c1)OCCCO2. The Kier molecular flexibility index (Phi) is 5.50. The third-order valence-corrected chi connectivity index (χ3v) is 4.85. The third kappa shape index (κ3) is 4.73. The van der Waals surface area contributed by atoms with Crippen LogP contribution in [0.15, 0.2) is 36.4 Å².